The lowest BCUT2D eigenvalue weighted by atomic mass is 8.81. The Bertz CT molecular complexity index is 747. The predicted octanol–water partition coefficient (Wildman–Crippen LogP) is 1.66. The van der Waals surface area contributed by atoms with Gasteiger partial charge in [-0.1, -0.05) is 0 Å². The average molecular weight is 416 g/mol. The van der Waals surface area contributed by atoms with Crippen molar-refractivity contribution in [2.45, 2.75) is 0 Å². The molecule has 0 bridgehead atoms. The van der Waals surface area contributed by atoms with Gasteiger partial charge in [-0.25, -0.2) is 0 Å². The van der Waals surface area contributed by atoms with E-state index in [9.17, 15) is 24.0 Å². The molecule has 0 heterocycles. The lowest BCUT2D eigenvalue weighted by molar-refractivity contribution is -0.697. The molecular weight excluding hydrogens is 413 g/mol. The molecule has 0 spiro atoms. The first-order valence-corrected chi connectivity index (χ1v) is 8.45. The van der Waals surface area contributed by atoms with Crippen LogP contribution < -0.4 is 0 Å². The minimum absolute atomic E-state index is 0.775. The van der Waals surface area contributed by atoms with Crippen molar-refractivity contribution in [3.63, 3.8) is 0 Å². The maximum Gasteiger partial charge on any atom is 0.231 e. The molecule has 6 fully saturated rings. The molecule has 6 aliphatic carbocycles. The number of hydrogen-bond donors (Lipinski definition) is 0. The summed E-state index contributed by atoms with van der Waals surface area (Å²) in [7, 11) is 0. The van der Waals surface area contributed by atoms with E-state index < -0.39 is 71.0 Å². The van der Waals surface area contributed by atoms with E-state index in [2.05, 4.69) is 0 Å². The largest absolute Gasteiger partial charge is 0.281 e. The van der Waals surface area contributed by atoms with E-state index in [1.807, 2.05) is 0 Å². The van der Waals surface area contributed by atoms with Gasteiger partial charge in [-0.05, 0) is 58.0 Å². The first-order valence-electron chi connectivity index (χ1n) is 6.56. The fraction of sp³-hybridized carbons (Fsp3) is 0.615. The zero-order chi connectivity index (χ0) is 17.1. The minimum atomic E-state index is -1.85. The maximum absolute atomic E-state index is 12.2. The molecule has 5 nitrogen and oxygen atoms in total. The van der Waals surface area contributed by atoms with Crippen molar-refractivity contribution in [2.24, 2.45) is 44.8 Å². The number of carbonyl (C=O) groups is 5. The summed E-state index contributed by atoms with van der Waals surface area (Å²) in [4.78, 5) is 60.6. The van der Waals surface area contributed by atoms with Crippen LogP contribution in [0.2, 0.25) is 0 Å². The molecule has 0 aromatic heterocycles. The predicted molar refractivity (Wildman–Crippen MR) is 76.9 cm³/mol. The summed E-state index contributed by atoms with van der Waals surface area (Å²) in [5.41, 5.74) is -7.75. The molecule has 0 N–H and O–H groups in total. The van der Waals surface area contributed by atoms with Crippen LogP contribution in [0.1, 0.15) is 0 Å². The molecule has 0 aliphatic heterocycles. The van der Waals surface area contributed by atoms with Crippen LogP contribution in [0.4, 0.5) is 0 Å². The highest BCUT2D eigenvalue weighted by atomic mass is 35.5. The van der Waals surface area contributed by atoms with E-state index in [-0.39, 0.29) is 0 Å². The van der Waals surface area contributed by atoms with Crippen LogP contribution in [0, 0.1) is 44.8 Å². The van der Waals surface area contributed by atoms with E-state index in [1.165, 1.54) is 0 Å². The Kier molecular flexibility index (Phi) is 2.14. The van der Waals surface area contributed by atoms with Crippen LogP contribution in [-0.4, -0.2) is 26.2 Å². The van der Waals surface area contributed by atoms with Crippen molar-refractivity contribution < 1.29 is 24.0 Å². The topological polar surface area (TPSA) is 85.3 Å². The van der Waals surface area contributed by atoms with Crippen LogP contribution in [0.5, 0.6) is 0 Å². The SMILES string of the molecule is O=C(Cl)C12C3C4(C(=O)Cl)C1C1(C(=O)Cl)C2C3(C(=O)Cl)C41C(=O)Cl. The van der Waals surface area contributed by atoms with Gasteiger partial charge in [0.1, 0.15) is 0 Å². The van der Waals surface area contributed by atoms with E-state index in [0.717, 1.165) is 0 Å². The molecular formula is C13H3Cl5O5. The van der Waals surface area contributed by atoms with Gasteiger partial charge < -0.3 is 0 Å². The first kappa shape index (κ1) is 15.1. The third kappa shape index (κ3) is 0.696. The number of hydrogen-bond acceptors (Lipinski definition) is 5. The van der Waals surface area contributed by atoms with Crippen molar-refractivity contribution >= 4 is 84.2 Å². The first-order chi connectivity index (χ1) is 10.6. The average Bonchev–Trinajstić information content (AvgIpc) is 2.43. The van der Waals surface area contributed by atoms with Gasteiger partial charge in [-0.15, -0.1) is 0 Å². The molecule has 6 rings (SSSR count). The van der Waals surface area contributed by atoms with E-state index in [4.69, 9.17) is 58.0 Å². The zero-order valence-corrected chi connectivity index (χ0v) is 14.4. The molecule has 0 aromatic carbocycles. The molecule has 0 amide bonds. The molecule has 0 radical (unpaired) electrons. The highest BCUT2D eigenvalue weighted by Gasteiger charge is 3.31. The van der Waals surface area contributed by atoms with E-state index in [1.54, 1.807) is 0 Å². The third-order valence-corrected chi connectivity index (χ3v) is 9.19. The van der Waals surface area contributed by atoms with Gasteiger partial charge >= 0.3 is 0 Å². The van der Waals surface area contributed by atoms with Gasteiger partial charge in [0.15, 0.2) is 0 Å². The second-order valence-electron chi connectivity index (χ2n) is 6.96. The Balaban J connectivity index is 1.86. The molecule has 0 atom stereocenters. The molecule has 6 aliphatic rings. The summed E-state index contributed by atoms with van der Waals surface area (Å²) in [6.45, 7) is 0. The van der Waals surface area contributed by atoms with Gasteiger partial charge in [-0.3, -0.25) is 24.0 Å². The molecule has 6 saturated carbocycles. The highest BCUT2D eigenvalue weighted by molar-refractivity contribution is 6.76. The van der Waals surface area contributed by atoms with Crippen molar-refractivity contribution in [3.05, 3.63) is 0 Å². The fourth-order valence-electron chi connectivity index (χ4n) is 8.09. The van der Waals surface area contributed by atoms with Crippen LogP contribution in [-0.2, 0) is 24.0 Å². The van der Waals surface area contributed by atoms with Crippen LogP contribution in [0.15, 0.2) is 0 Å². The zero-order valence-electron chi connectivity index (χ0n) is 10.7. The monoisotopic (exact) mass is 414 g/mol. The quantitative estimate of drug-likeness (QED) is 0.637. The summed E-state index contributed by atoms with van der Waals surface area (Å²) >= 11 is 28.6. The van der Waals surface area contributed by atoms with E-state index in [0.29, 0.717) is 0 Å². The van der Waals surface area contributed by atoms with E-state index >= 15 is 0 Å². The lowest BCUT2D eigenvalue weighted by Gasteiger charge is -3.17. The summed E-state index contributed by atoms with van der Waals surface area (Å²) in [5.74, 6) is -2.67. The smallest absolute Gasteiger partial charge is 0.231 e. The van der Waals surface area contributed by atoms with Crippen molar-refractivity contribution in [1.82, 2.24) is 0 Å². The lowest BCUT2D eigenvalue weighted by Crippen LogP contribution is -3.25. The summed E-state index contributed by atoms with van der Waals surface area (Å²) in [6.07, 6.45) is 0. The number of rotatable bonds is 5. The standard InChI is InChI=1S/C13H3Cl5O5/c14-4(19)9-1-10(5(15)20)2(9)12(7(17)22)3(9)11(1,6(16)21)13(10,12)8(18)23/h1-3H. The van der Waals surface area contributed by atoms with Crippen LogP contribution in [0.25, 0.3) is 0 Å². The van der Waals surface area contributed by atoms with Gasteiger partial charge in [0.25, 0.3) is 0 Å². The van der Waals surface area contributed by atoms with Crippen molar-refractivity contribution in [1.29, 1.82) is 0 Å². The Hall–Kier alpha value is -0.200. The van der Waals surface area contributed by atoms with Gasteiger partial charge in [0, 0.05) is 17.8 Å². The van der Waals surface area contributed by atoms with Crippen molar-refractivity contribution in [2.75, 3.05) is 0 Å². The molecule has 120 valence electrons. The number of halogens is 5. The Labute approximate surface area is 152 Å². The summed E-state index contributed by atoms with van der Waals surface area (Å²) in [5, 5.41) is -4.59. The van der Waals surface area contributed by atoms with Gasteiger partial charge in [0.2, 0.25) is 26.2 Å². The molecule has 23 heavy (non-hydrogen) atoms. The van der Waals surface area contributed by atoms with Crippen molar-refractivity contribution in [3.8, 4) is 0 Å². The third-order valence-electron chi connectivity index (χ3n) is 7.64. The maximum atomic E-state index is 12.2. The fourth-order valence-corrected chi connectivity index (χ4v) is 9.97. The minimum Gasteiger partial charge on any atom is -0.281 e. The highest BCUT2D eigenvalue weighted by Crippen LogP contribution is 3.23. The summed E-state index contributed by atoms with van der Waals surface area (Å²) < 4.78 is 0. The molecule has 0 unspecified atom stereocenters. The Morgan fingerprint density at radius 2 is 0.826 bits per heavy atom. The van der Waals surface area contributed by atoms with Gasteiger partial charge in [0.05, 0.1) is 27.1 Å². The number of carbonyl (C=O) groups excluding carboxylic acids is 5. The molecule has 0 saturated heterocycles. The summed E-state index contributed by atoms with van der Waals surface area (Å²) in [6, 6.07) is 0. The van der Waals surface area contributed by atoms with Crippen LogP contribution >= 0.6 is 58.0 Å². The molecule has 10 heteroatoms. The molecule has 0 aromatic rings. The second-order valence-corrected chi connectivity index (χ2v) is 8.67. The van der Waals surface area contributed by atoms with Gasteiger partial charge in [-0.2, -0.15) is 0 Å². The normalized spacial score (nSPS) is 60.8. The Morgan fingerprint density at radius 3 is 1.00 bits per heavy atom. The van der Waals surface area contributed by atoms with Crippen LogP contribution in [0.3, 0.4) is 0 Å². The second kappa shape index (κ2) is 3.26. The Morgan fingerprint density at radius 1 is 0.522 bits per heavy atom.